The number of phenols is 1. The molecule has 0 bridgehead atoms. The van der Waals surface area contributed by atoms with Gasteiger partial charge in [-0.05, 0) is 40.1 Å². The second-order valence-electron chi connectivity index (χ2n) is 6.11. The first-order valence-corrected chi connectivity index (χ1v) is 7.33. The van der Waals surface area contributed by atoms with Crippen LogP contribution >= 0.6 is 0 Å². The summed E-state index contributed by atoms with van der Waals surface area (Å²) in [5, 5.41) is 11.6. The fourth-order valence-corrected chi connectivity index (χ4v) is 3.27. The lowest BCUT2D eigenvalue weighted by atomic mass is 10.1. The molecule has 5 heteroatoms. The molecule has 116 valence electrons. The molecule has 0 aliphatic heterocycles. The summed E-state index contributed by atoms with van der Waals surface area (Å²) in [6.45, 7) is 4.78. The summed E-state index contributed by atoms with van der Waals surface area (Å²) in [6.07, 6.45) is 0. The van der Waals surface area contributed by atoms with Crippen molar-refractivity contribution in [3.05, 3.63) is 35.9 Å². The summed E-state index contributed by atoms with van der Waals surface area (Å²) in [6, 6.07) is 6.85. The molecule has 2 aromatic heterocycles. The first kappa shape index (κ1) is 14.8. The number of benzene rings is 1. The molecule has 0 saturated heterocycles. The van der Waals surface area contributed by atoms with Crippen LogP contribution in [0.3, 0.4) is 0 Å². The zero-order valence-electron chi connectivity index (χ0n) is 13.3. The number of hydrogen-bond acceptors (Lipinski definition) is 3. The smallest absolute Gasteiger partial charge is 0.213 e. The van der Waals surface area contributed by atoms with Crippen LogP contribution in [0.15, 0.2) is 24.3 Å². The maximum Gasteiger partial charge on any atom is 0.213 e. The molecule has 0 saturated carbocycles. The molecule has 0 fully saturated rings. The van der Waals surface area contributed by atoms with Crippen molar-refractivity contribution in [1.29, 1.82) is 0 Å². The molecule has 0 spiro atoms. The van der Waals surface area contributed by atoms with Gasteiger partial charge in [0, 0.05) is 35.5 Å². The lowest BCUT2D eigenvalue weighted by Gasteiger charge is -2.21. The molecule has 0 amide bonds. The molecule has 0 aliphatic rings. The van der Waals surface area contributed by atoms with Gasteiger partial charge in [0.2, 0.25) is 5.95 Å². The van der Waals surface area contributed by atoms with Crippen molar-refractivity contribution < 1.29 is 9.50 Å². The van der Waals surface area contributed by atoms with Gasteiger partial charge in [0.15, 0.2) is 0 Å². The molecule has 0 radical (unpaired) electrons. The second-order valence-corrected chi connectivity index (χ2v) is 6.11. The number of phenolic OH excluding ortho intramolecular Hbond substituents is 1. The summed E-state index contributed by atoms with van der Waals surface area (Å²) in [5.74, 6) is -0.267. The summed E-state index contributed by atoms with van der Waals surface area (Å²) in [7, 11) is 4.04. The Hall–Kier alpha value is -2.14. The lowest BCUT2D eigenvalue weighted by Crippen LogP contribution is -2.22. The number of halogens is 1. The normalized spacial score (nSPS) is 13.4. The number of aryl methyl sites for hydroxylation is 1. The van der Waals surface area contributed by atoms with Crippen LogP contribution in [0.5, 0.6) is 5.75 Å². The van der Waals surface area contributed by atoms with E-state index >= 15 is 0 Å². The average Bonchev–Trinajstić information content (AvgIpc) is 2.71. The fourth-order valence-electron chi connectivity index (χ4n) is 3.27. The van der Waals surface area contributed by atoms with E-state index in [4.69, 9.17) is 0 Å². The number of rotatable bonds is 3. The van der Waals surface area contributed by atoms with E-state index in [1.54, 1.807) is 12.1 Å². The van der Waals surface area contributed by atoms with Crippen molar-refractivity contribution in [2.24, 2.45) is 0 Å². The van der Waals surface area contributed by atoms with E-state index in [-0.39, 0.29) is 11.8 Å². The average molecular weight is 301 g/mol. The number of likely N-dealkylation sites (N-methyl/N-ethyl adjacent to an activating group) is 1. The highest BCUT2D eigenvalue weighted by Gasteiger charge is 2.19. The Morgan fingerprint density at radius 3 is 2.68 bits per heavy atom. The molecule has 0 aliphatic carbocycles. The van der Waals surface area contributed by atoms with Crippen molar-refractivity contribution in [1.82, 2.24) is 14.5 Å². The first-order valence-electron chi connectivity index (χ1n) is 7.33. The van der Waals surface area contributed by atoms with Crippen molar-refractivity contribution in [3.63, 3.8) is 0 Å². The van der Waals surface area contributed by atoms with E-state index < -0.39 is 5.95 Å². The van der Waals surface area contributed by atoms with Gasteiger partial charge < -0.3 is 14.6 Å². The highest BCUT2D eigenvalue weighted by molar-refractivity contribution is 6.09. The van der Waals surface area contributed by atoms with Gasteiger partial charge in [-0.1, -0.05) is 0 Å². The standard InChI is InChI=1S/C17H20FN3O/c1-10(9-20(3)4)21-15-7-12(22)5-6-13(15)14-8-16(18)19-11(2)17(14)21/h5-8,10,22H,9H2,1-4H3. The fraction of sp³-hybridized carbons (Fsp3) is 0.353. The number of aromatic nitrogens is 2. The Morgan fingerprint density at radius 2 is 2.00 bits per heavy atom. The molecule has 3 rings (SSSR count). The lowest BCUT2D eigenvalue weighted by molar-refractivity contribution is 0.344. The van der Waals surface area contributed by atoms with E-state index in [0.717, 1.165) is 28.4 Å². The number of nitrogens with zero attached hydrogens (tertiary/aromatic N) is 3. The summed E-state index contributed by atoms with van der Waals surface area (Å²) in [5.41, 5.74) is 2.49. The molecule has 1 aromatic carbocycles. The molecule has 4 nitrogen and oxygen atoms in total. The third kappa shape index (κ3) is 2.31. The van der Waals surface area contributed by atoms with Crippen LogP contribution in [-0.2, 0) is 0 Å². The van der Waals surface area contributed by atoms with E-state index in [9.17, 15) is 9.50 Å². The van der Waals surface area contributed by atoms with Crippen LogP contribution in [0.4, 0.5) is 4.39 Å². The zero-order valence-corrected chi connectivity index (χ0v) is 13.3. The zero-order chi connectivity index (χ0) is 16.0. The van der Waals surface area contributed by atoms with Gasteiger partial charge in [-0.15, -0.1) is 0 Å². The number of pyridine rings is 1. The summed E-state index contributed by atoms with van der Waals surface area (Å²) >= 11 is 0. The van der Waals surface area contributed by atoms with Crippen LogP contribution in [-0.4, -0.2) is 40.2 Å². The molecule has 2 heterocycles. The van der Waals surface area contributed by atoms with Gasteiger partial charge >= 0.3 is 0 Å². The number of fused-ring (bicyclic) bond motifs is 3. The van der Waals surface area contributed by atoms with Crippen molar-refractivity contribution in [2.75, 3.05) is 20.6 Å². The second kappa shape index (κ2) is 5.25. The van der Waals surface area contributed by atoms with E-state index in [1.165, 1.54) is 6.07 Å². The molecule has 1 unspecified atom stereocenters. The Bertz CT molecular complexity index is 854. The highest BCUT2D eigenvalue weighted by Crippen LogP contribution is 2.35. The van der Waals surface area contributed by atoms with Gasteiger partial charge in [0.1, 0.15) is 5.75 Å². The van der Waals surface area contributed by atoms with Gasteiger partial charge in [-0.3, -0.25) is 0 Å². The topological polar surface area (TPSA) is 41.3 Å². The number of aromatic hydroxyl groups is 1. The predicted molar refractivity (Wildman–Crippen MR) is 86.9 cm³/mol. The van der Waals surface area contributed by atoms with Crippen LogP contribution in [0.2, 0.25) is 0 Å². The Morgan fingerprint density at radius 1 is 1.27 bits per heavy atom. The third-order valence-electron chi connectivity index (χ3n) is 3.98. The Kier molecular flexibility index (Phi) is 3.53. The van der Waals surface area contributed by atoms with Crippen LogP contribution in [0.1, 0.15) is 18.7 Å². The van der Waals surface area contributed by atoms with E-state index in [2.05, 4.69) is 21.4 Å². The van der Waals surface area contributed by atoms with Crippen molar-refractivity contribution in [2.45, 2.75) is 19.9 Å². The molecule has 3 aromatic rings. The largest absolute Gasteiger partial charge is 0.508 e. The van der Waals surface area contributed by atoms with Crippen molar-refractivity contribution in [3.8, 4) is 5.75 Å². The Balaban J connectivity index is 2.42. The summed E-state index contributed by atoms with van der Waals surface area (Å²) < 4.78 is 15.9. The predicted octanol–water partition coefficient (Wildman–Crippen LogP) is 3.47. The van der Waals surface area contributed by atoms with Crippen LogP contribution in [0, 0.1) is 12.9 Å². The minimum Gasteiger partial charge on any atom is -0.508 e. The van der Waals surface area contributed by atoms with Gasteiger partial charge in [0.25, 0.3) is 0 Å². The SMILES string of the molecule is Cc1nc(F)cc2c3ccc(O)cc3n(C(C)CN(C)C)c12. The molecule has 1 atom stereocenters. The minimum atomic E-state index is -0.475. The number of hydrogen-bond donors (Lipinski definition) is 1. The maximum absolute atomic E-state index is 13.7. The highest BCUT2D eigenvalue weighted by atomic mass is 19.1. The van der Waals surface area contributed by atoms with Crippen LogP contribution < -0.4 is 0 Å². The van der Waals surface area contributed by atoms with Gasteiger partial charge in [0.05, 0.1) is 16.7 Å². The van der Waals surface area contributed by atoms with Crippen molar-refractivity contribution >= 4 is 21.8 Å². The quantitative estimate of drug-likeness (QED) is 0.753. The van der Waals surface area contributed by atoms with E-state index in [1.807, 2.05) is 27.1 Å². The molecule has 1 N–H and O–H groups in total. The Labute approximate surface area is 128 Å². The maximum atomic E-state index is 13.7. The molecular weight excluding hydrogens is 281 g/mol. The summed E-state index contributed by atoms with van der Waals surface area (Å²) in [4.78, 5) is 6.09. The monoisotopic (exact) mass is 301 g/mol. The van der Waals surface area contributed by atoms with E-state index in [0.29, 0.717) is 5.69 Å². The van der Waals surface area contributed by atoms with Gasteiger partial charge in [-0.25, -0.2) is 4.98 Å². The van der Waals surface area contributed by atoms with Crippen LogP contribution in [0.25, 0.3) is 21.8 Å². The van der Waals surface area contributed by atoms with Gasteiger partial charge in [-0.2, -0.15) is 4.39 Å². The third-order valence-corrected chi connectivity index (χ3v) is 3.98. The minimum absolute atomic E-state index is 0.169. The first-order chi connectivity index (χ1) is 10.4. The molecule has 22 heavy (non-hydrogen) atoms. The molecular formula is C17H20FN3O.